The van der Waals surface area contributed by atoms with Gasteiger partial charge in [0, 0.05) is 25.9 Å². The van der Waals surface area contributed by atoms with Gasteiger partial charge in [0.2, 0.25) is 5.91 Å². The van der Waals surface area contributed by atoms with Gasteiger partial charge < -0.3 is 25.4 Å². The zero-order chi connectivity index (χ0) is 19.3. The van der Waals surface area contributed by atoms with Gasteiger partial charge in [-0.25, -0.2) is 9.59 Å². The average molecular weight is 365 g/mol. The first-order valence-electron chi connectivity index (χ1n) is 8.99. The summed E-state index contributed by atoms with van der Waals surface area (Å²) in [5, 5.41) is 14.8. The lowest BCUT2D eigenvalue weighted by Gasteiger charge is -2.25. The van der Waals surface area contributed by atoms with Crippen LogP contribution in [0.4, 0.5) is 4.79 Å². The van der Waals surface area contributed by atoms with E-state index in [1.54, 1.807) is 7.05 Å². The summed E-state index contributed by atoms with van der Waals surface area (Å²) < 4.78 is 0. The minimum absolute atomic E-state index is 0.0972. The Hall–Kier alpha value is -2.38. The van der Waals surface area contributed by atoms with Crippen molar-refractivity contribution in [3.63, 3.8) is 0 Å². The van der Waals surface area contributed by atoms with Crippen LogP contribution in [0.25, 0.3) is 0 Å². The second-order valence-electron chi connectivity index (χ2n) is 7.16. The van der Waals surface area contributed by atoms with E-state index in [-0.39, 0.29) is 24.5 Å². The Kier molecular flexibility index (Phi) is 6.39. The number of carbonyl (C=O) groups excluding carboxylic acids is 3. The molecule has 8 heteroatoms. The maximum Gasteiger partial charge on any atom is 0.330 e. The predicted octanol–water partition coefficient (Wildman–Crippen LogP) is 1.07. The van der Waals surface area contributed by atoms with Crippen LogP contribution in [-0.4, -0.2) is 58.9 Å². The van der Waals surface area contributed by atoms with Crippen molar-refractivity contribution in [2.24, 2.45) is 5.92 Å². The molecule has 8 nitrogen and oxygen atoms in total. The van der Waals surface area contributed by atoms with Crippen LogP contribution in [0.5, 0.6) is 0 Å². The van der Waals surface area contributed by atoms with Crippen LogP contribution in [0.1, 0.15) is 45.4 Å². The average Bonchev–Trinajstić information content (AvgIpc) is 3.27. The van der Waals surface area contributed by atoms with E-state index in [0.29, 0.717) is 13.0 Å². The Labute approximate surface area is 153 Å². The second kappa shape index (κ2) is 8.33. The lowest BCUT2D eigenvalue weighted by molar-refractivity contribution is -0.143. The second-order valence-corrected chi connectivity index (χ2v) is 7.16. The third-order valence-electron chi connectivity index (χ3n) is 4.97. The molecule has 2 aliphatic rings. The number of carboxylic acid groups (broad SMARTS) is 1. The molecule has 26 heavy (non-hydrogen) atoms. The van der Waals surface area contributed by atoms with E-state index in [9.17, 15) is 24.3 Å². The minimum atomic E-state index is -1.32. The molecule has 0 spiro atoms. The van der Waals surface area contributed by atoms with Gasteiger partial charge in [0.15, 0.2) is 0 Å². The Morgan fingerprint density at radius 2 is 2.08 bits per heavy atom. The molecule has 0 radical (unpaired) electrons. The molecule has 0 aromatic rings. The minimum Gasteiger partial charge on any atom is -0.479 e. The number of ketones is 1. The lowest BCUT2D eigenvalue weighted by atomic mass is 10.1. The summed E-state index contributed by atoms with van der Waals surface area (Å²) >= 11 is 0. The van der Waals surface area contributed by atoms with Gasteiger partial charge in [-0.05, 0) is 39.0 Å². The van der Waals surface area contributed by atoms with Gasteiger partial charge in [0.05, 0.1) is 0 Å². The molecule has 144 valence electrons. The maximum absolute atomic E-state index is 12.7. The van der Waals surface area contributed by atoms with Gasteiger partial charge >= 0.3 is 12.0 Å². The molecule has 0 saturated heterocycles. The lowest BCUT2D eigenvalue weighted by Crippen LogP contribution is -2.55. The summed E-state index contributed by atoms with van der Waals surface area (Å²) in [6.07, 6.45) is 6.90. The number of nitrogens with one attached hydrogen (secondary N) is 2. The molecule has 3 unspecified atom stereocenters. The van der Waals surface area contributed by atoms with E-state index in [1.165, 1.54) is 11.8 Å². The number of allylic oxidation sites excluding steroid dienone is 1. The van der Waals surface area contributed by atoms with Crippen molar-refractivity contribution >= 4 is 23.7 Å². The van der Waals surface area contributed by atoms with Crippen molar-refractivity contribution in [2.75, 3.05) is 13.6 Å². The summed E-state index contributed by atoms with van der Waals surface area (Å²) in [6, 6.07) is -1.35. The molecular weight excluding hydrogens is 338 g/mol. The van der Waals surface area contributed by atoms with E-state index in [2.05, 4.69) is 10.6 Å². The first-order valence-corrected chi connectivity index (χ1v) is 8.99. The highest BCUT2D eigenvalue weighted by molar-refractivity contribution is 5.94. The van der Waals surface area contributed by atoms with Crippen LogP contribution in [0.15, 0.2) is 12.2 Å². The number of hydrogen-bond acceptors (Lipinski definition) is 4. The number of fused-ring (bicyclic) bond motifs is 1. The number of nitrogens with zero attached hydrogens (tertiary/aromatic N) is 1. The molecule has 3 amide bonds. The first kappa shape index (κ1) is 19.9. The van der Waals surface area contributed by atoms with Crippen molar-refractivity contribution in [3.8, 4) is 0 Å². The summed E-state index contributed by atoms with van der Waals surface area (Å²) in [5.41, 5.74) is -1.32. The van der Waals surface area contributed by atoms with Crippen LogP contribution < -0.4 is 10.6 Å². The number of hydrogen-bond donors (Lipinski definition) is 3. The summed E-state index contributed by atoms with van der Waals surface area (Å²) in [4.78, 5) is 49.4. The Morgan fingerprint density at radius 1 is 1.35 bits per heavy atom. The molecule has 1 heterocycles. The summed E-state index contributed by atoms with van der Waals surface area (Å²) in [7, 11) is 1.65. The van der Waals surface area contributed by atoms with E-state index >= 15 is 0 Å². The topological polar surface area (TPSA) is 116 Å². The number of carboxylic acids is 1. The fourth-order valence-corrected chi connectivity index (χ4v) is 3.12. The van der Waals surface area contributed by atoms with E-state index in [0.717, 1.165) is 19.3 Å². The van der Waals surface area contributed by atoms with Crippen LogP contribution in [-0.2, 0) is 14.4 Å². The monoisotopic (exact) mass is 365 g/mol. The highest BCUT2D eigenvalue weighted by atomic mass is 16.4. The normalized spacial score (nSPS) is 31.1. The summed E-state index contributed by atoms with van der Waals surface area (Å²) in [5.74, 6) is -2.00. The third-order valence-corrected chi connectivity index (χ3v) is 4.97. The van der Waals surface area contributed by atoms with Crippen molar-refractivity contribution in [3.05, 3.63) is 12.2 Å². The molecule has 2 rings (SSSR count). The number of carbonyl (C=O) groups is 4. The predicted molar refractivity (Wildman–Crippen MR) is 94.5 cm³/mol. The highest BCUT2D eigenvalue weighted by Gasteiger charge is 2.60. The molecule has 3 atom stereocenters. The number of Topliss-reactive ketones (excluding diaryl/α,β-unsaturated/α-hetero) is 1. The van der Waals surface area contributed by atoms with Crippen molar-refractivity contribution in [1.82, 2.24) is 15.5 Å². The van der Waals surface area contributed by atoms with Crippen LogP contribution in [0.3, 0.4) is 0 Å². The Morgan fingerprint density at radius 3 is 2.73 bits per heavy atom. The number of rotatable bonds is 4. The fourth-order valence-electron chi connectivity index (χ4n) is 3.12. The van der Waals surface area contributed by atoms with E-state index in [4.69, 9.17) is 0 Å². The molecule has 1 aliphatic carbocycles. The maximum atomic E-state index is 12.7. The number of urea groups is 1. The van der Waals surface area contributed by atoms with Crippen molar-refractivity contribution < 1.29 is 24.3 Å². The molecule has 0 aromatic heterocycles. The smallest absolute Gasteiger partial charge is 0.330 e. The van der Waals surface area contributed by atoms with Gasteiger partial charge in [-0.2, -0.15) is 0 Å². The molecular formula is C18H27N3O5. The van der Waals surface area contributed by atoms with Crippen LogP contribution in [0.2, 0.25) is 0 Å². The third kappa shape index (κ3) is 4.83. The standard InChI is InChI=1S/C18H27N3O5/c1-12(22)8-9-14-15(23)20-18(16(24)25)11-13(18)7-5-3-4-6-10-21(2)17(26)19-14/h5,7,13-14H,3-4,6,8-11H2,1-2H3,(H,19,26)(H,20,23)(H,24,25)/b7-5+. The zero-order valence-corrected chi connectivity index (χ0v) is 15.3. The zero-order valence-electron chi connectivity index (χ0n) is 15.3. The Balaban J connectivity index is 2.20. The molecule has 1 aliphatic heterocycles. The van der Waals surface area contributed by atoms with Crippen molar-refractivity contribution in [1.29, 1.82) is 0 Å². The van der Waals surface area contributed by atoms with Gasteiger partial charge in [0.25, 0.3) is 0 Å². The summed E-state index contributed by atoms with van der Waals surface area (Å²) in [6.45, 7) is 1.97. The Bertz CT molecular complexity index is 618. The van der Waals surface area contributed by atoms with Crippen LogP contribution in [0, 0.1) is 5.92 Å². The molecule has 1 saturated carbocycles. The molecule has 3 N–H and O–H groups in total. The highest BCUT2D eigenvalue weighted by Crippen LogP contribution is 2.45. The quantitative estimate of drug-likeness (QED) is 0.645. The molecule has 0 aromatic carbocycles. The van der Waals surface area contributed by atoms with Gasteiger partial charge in [0.1, 0.15) is 17.4 Å². The van der Waals surface area contributed by atoms with E-state index < -0.39 is 29.5 Å². The number of amides is 3. The van der Waals surface area contributed by atoms with Gasteiger partial charge in [-0.3, -0.25) is 4.79 Å². The van der Waals surface area contributed by atoms with E-state index in [1.807, 2.05) is 12.2 Å². The van der Waals surface area contributed by atoms with Crippen molar-refractivity contribution in [2.45, 2.75) is 57.0 Å². The molecule has 0 bridgehead atoms. The largest absolute Gasteiger partial charge is 0.479 e. The first-order chi connectivity index (χ1) is 12.3. The van der Waals surface area contributed by atoms with Gasteiger partial charge in [-0.15, -0.1) is 0 Å². The molecule has 1 fully saturated rings. The fraction of sp³-hybridized carbons (Fsp3) is 0.667. The van der Waals surface area contributed by atoms with Crippen LogP contribution >= 0.6 is 0 Å². The number of aliphatic carboxylic acids is 1. The SMILES string of the molecule is CC(=O)CCC1NC(=O)N(C)CCCC/C=C/C2CC2(C(=O)O)NC1=O. The van der Waals surface area contributed by atoms with Gasteiger partial charge in [-0.1, -0.05) is 12.2 Å².